The highest BCUT2D eigenvalue weighted by atomic mass is 32.2. The third kappa shape index (κ3) is 4.90. The monoisotopic (exact) mass is 291 g/mol. The fourth-order valence-corrected chi connectivity index (χ4v) is 2.16. The van der Waals surface area contributed by atoms with Crippen LogP contribution in [0.5, 0.6) is 0 Å². The second-order valence-electron chi connectivity index (χ2n) is 5.53. The summed E-state index contributed by atoms with van der Waals surface area (Å²) in [6.07, 6.45) is 3.63. The quantitative estimate of drug-likeness (QED) is 0.873. The molecule has 0 saturated heterocycles. The minimum absolute atomic E-state index is 0.0710. The van der Waals surface area contributed by atoms with Crippen LogP contribution < -0.4 is 5.32 Å². The van der Waals surface area contributed by atoms with Gasteiger partial charge in [0.2, 0.25) is 0 Å². The molecule has 2 rings (SSSR count). The first-order valence-corrected chi connectivity index (χ1v) is 7.23. The van der Waals surface area contributed by atoms with Gasteiger partial charge in [0.1, 0.15) is 5.82 Å². The number of nitrogens with one attached hydrogen (secondary N) is 1. The van der Waals surface area contributed by atoms with Crippen molar-refractivity contribution in [3.8, 4) is 0 Å². The maximum atomic E-state index is 12.8. The summed E-state index contributed by atoms with van der Waals surface area (Å²) in [5.41, 5.74) is 1.12. The SMILES string of the molecule is CC(C)(C)NCc1cnc(Sc2ccc(F)cc2)nc1. The van der Waals surface area contributed by atoms with Crippen LogP contribution in [-0.2, 0) is 6.54 Å². The molecule has 0 atom stereocenters. The molecule has 0 unspecified atom stereocenters. The van der Waals surface area contributed by atoms with Gasteiger partial charge in [0, 0.05) is 34.9 Å². The maximum absolute atomic E-state index is 12.8. The van der Waals surface area contributed by atoms with Gasteiger partial charge in [-0.15, -0.1) is 0 Å². The van der Waals surface area contributed by atoms with Gasteiger partial charge in [-0.25, -0.2) is 14.4 Å². The number of halogens is 1. The van der Waals surface area contributed by atoms with Gasteiger partial charge in [0.15, 0.2) is 5.16 Å². The summed E-state index contributed by atoms with van der Waals surface area (Å²) in [6.45, 7) is 7.09. The van der Waals surface area contributed by atoms with Crippen molar-refractivity contribution in [3.05, 3.63) is 48.0 Å². The smallest absolute Gasteiger partial charge is 0.192 e. The second kappa shape index (κ2) is 6.33. The Bertz CT molecular complexity index is 547. The molecule has 3 nitrogen and oxygen atoms in total. The fourth-order valence-electron chi connectivity index (χ4n) is 1.46. The van der Waals surface area contributed by atoms with E-state index in [0.717, 1.165) is 17.0 Å². The van der Waals surface area contributed by atoms with E-state index in [-0.39, 0.29) is 11.4 Å². The molecule has 20 heavy (non-hydrogen) atoms. The third-order valence-corrected chi connectivity index (χ3v) is 3.43. The maximum Gasteiger partial charge on any atom is 0.192 e. The van der Waals surface area contributed by atoms with E-state index in [1.54, 1.807) is 12.1 Å². The lowest BCUT2D eigenvalue weighted by Crippen LogP contribution is -2.35. The molecule has 0 amide bonds. The van der Waals surface area contributed by atoms with Gasteiger partial charge in [0.25, 0.3) is 0 Å². The molecule has 1 aromatic carbocycles. The van der Waals surface area contributed by atoms with Crippen LogP contribution in [0, 0.1) is 5.82 Å². The van der Waals surface area contributed by atoms with Crippen molar-refractivity contribution in [2.45, 2.75) is 42.9 Å². The first-order chi connectivity index (χ1) is 9.42. The van der Waals surface area contributed by atoms with E-state index in [0.29, 0.717) is 5.16 Å². The molecular formula is C15H18FN3S. The Morgan fingerprint density at radius 1 is 1.10 bits per heavy atom. The van der Waals surface area contributed by atoms with Gasteiger partial charge >= 0.3 is 0 Å². The predicted molar refractivity (Wildman–Crippen MR) is 79.1 cm³/mol. The third-order valence-electron chi connectivity index (χ3n) is 2.53. The van der Waals surface area contributed by atoms with Crippen LogP contribution >= 0.6 is 11.8 Å². The highest BCUT2D eigenvalue weighted by molar-refractivity contribution is 7.99. The van der Waals surface area contributed by atoms with Gasteiger partial charge in [-0.2, -0.15) is 0 Å². The van der Waals surface area contributed by atoms with Crippen LogP contribution in [0.25, 0.3) is 0 Å². The van der Waals surface area contributed by atoms with Crippen LogP contribution in [0.3, 0.4) is 0 Å². The van der Waals surface area contributed by atoms with Gasteiger partial charge in [-0.05, 0) is 56.8 Å². The Kier molecular flexibility index (Phi) is 4.73. The van der Waals surface area contributed by atoms with Crippen molar-refractivity contribution < 1.29 is 4.39 Å². The highest BCUT2D eigenvalue weighted by Crippen LogP contribution is 2.24. The van der Waals surface area contributed by atoms with E-state index in [1.807, 2.05) is 12.4 Å². The van der Waals surface area contributed by atoms with Crippen LogP contribution in [-0.4, -0.2) is 15.5 Å². The molecule has 0 aliphatic heterocycles. The second-order valence-corrected chi connectivity index (χ2v) is 6.57. The average Bonchev–Trinajstić information content (AvgIpc) is 2.40. The lowest BCUT2D eigenvalue weighted by atomic mass is 10.1. The van der Waals surface area contributed by atoms with E-state index in [4.69, 9.17) is 0 Å². The van der Waals surface area contributed by atoms with Crippen molar-refractivity contribution in [2.75, 3.05) is 0 Å². The van der Waals surface area contributed by atoms with Crippen molar-refractivity contribution >= 4 is 11.8 Å². The molecule has 106 valence electrons. The Hall–Kier alpha value is -1.46. The van der Waals surface area contributed by atoms with Crippen molar-refractivity contribution in [1.29, 1.82) is 0 Å². The van der Waals surface area contributed by atoms with Gasteiger partial charge in [-0.3, -0.25) is 0 Å². The molecular weight excluding hydrogens is 273 g/mol. The lowest BCUT2D eigenvalue weighted by molar-refractivity contribution is 0.423. The summed E-state index contributed by atoms with van der Waals surface area (Å²) in [7, 11) is 0. The Morgan fingerprint density at radius 3 is 2.25 bits per heavy atom. The average molecular weight is 291 g/mol. The molecule has 0 saturated carbocycles. The highest BCUT2D eigenvalue weighted by Gasteiger charge is 2.09. The lowest BCUT2D eigenvalue weighted by Gasteiger charge is -2.20. The molecule has 0 fully saturated rings. The molecule has 0 aliphatic carbocycles. The molecule has 1 heterocycles. The van der Waals surface area contributed by atoms with Gasteiger partial charge in [-0.1, -0.05) is 0 Å². The number of aromatic nitrogens is 2. The number of nitrogens with zero attached hydrogens (tertiary/aromatic N) is 2. The zero-order valence-corrected chi connectivity index (χ0v) is 12.7. The number of benzene rings is 1. The molecule has 1 aromatic heterocycles. The summed E-state index contributed by atoms with van der Waals surface area (Å²) in [5, 5.41) is 4.05. The van der Waals surface area contributed by atoms with E-state index in [9.17, 15) is 4.39 Å². The number of hydrogen-bond acceptors (Lipinski definition) is 4. The van der Waals surface area contributed by atoms with Crippen LogP contribution in [0.1, 0.15) is 26.3 Å². The van der Waals surface area contributed by atoms with Crippen LogP contribution in [0.2, 0.25) is 0 Å². The van der Waals surface area contributed by atoms with E-state index in [1.165, 1.54) is 23.9 Å². The normalized spacial score (nSPS) is 11.6. The van der Waals surface area contributed by atoms with E-state index in [2.05, 4.69) is 36.1 Å². The van der Waals surface area contributed by atoms with E-state index < -0.39 is 0 Å². The molecule has 0 bridgehead atoms. The van der Waals surface area contributed by atoms with E-state index >= 15 is 0 Å². The molecule has 5 heteroatoms. The molecule has 1 N–H and O–H groups in total. The van der Waals surface area contributed by atoms with Crippen molar-refractivity contribution in [1.82, 2.24) is 15.3 Å². The largest absolute Gasteiger partial charge is 0.308 e. The minimum atomic E-state index is -0.237. The van der Waals surface area contributed by atoms with Crippen molar-refractivity contribution in [2.24, 2.45) is 0 Å². The standard InChI is InChI=1S/C15H18FN3S/c1-15(2,3)19-10-11-8-17-14(18-9-11)20-13-6-4-12(16)5-7-13/h4-9,19H,10H2,1-3H3. The fraction of sp³-hybridized carbons (Fsp3) is 0.333. The molecule has 0 radical (unpaired) electrons. The topological polar surface area (TPSA) is 37.8 Å². The number of hydrogen-bond donors (Lipinski definition) is 1. The van der Waals surface area contributed by atoms with Gasteiger partial charge < -0.3 is 5.32 Å². The first-order valence-electron chi connectivity index (χ1n) is 6.42. The molecule has 0 spiro atoms. The number of rotatable bonds is 4. The predicted octanol–water partition coefficient (Wildman–Crippen LogP) is 3.66. The summed E-state index contributed by atoms with van der Waals surface area (Å²) in [4.78, 5) is 9.55. The van der Waals surface area contributed by atoms with Crippen molar-refractivity contribution in [3.63, 3.8) is 0 Å². The summed E-state index contributed by atoms with van der Waals surface area (Å²) in [6, 6.07) is 6.31. The molecule has 0 aliphatic rings. The Balaban J connectivity index is 1.96. The zero-order chi connectivity index (χ0) is 14.6. The Morgan fingerprint density at radius 2 is 1.70 bits per heavy atom. The summed E-state index contributed by atoms with van der Waals surface area (Å²) < 4.78 is 12.8. The van der Waals surface area contributed by atoms with Crippen LogP contribution in [0.4, 0.5) is 4.39 Å². The zero-order valence-electron chi connectivity index (χ0n) is 11.9. The minimum Gasteiger partial charge on any atom is -0.308 e. The summed E-state index contributed by atoms with van der Waals surface area (Å²) in [5.74, 6) is -0.237. The first kappa shape index (κ1) is 14.9. The van der Waals surface area contributed by atoms with Gasteiger partial charge in [0.05, 0.1) is 0 Å². The summed E-state index contributed by atoms with van der Waals surface area (Å²) >= 11 is 1.42. The Labute approximate surface area is 123 Å². The molecule has 2 aromatic rings. The van der Waals surface area contributed by atoms with Crippen LogP contribution in [0.15, 0.2) is 46.7 Å².